The van der Waals surface area contributed by atoms with Gasteiger partial charge in [-0.3, -0.25) is 19.2 Å². The minimum atomic E-state index is -2.64. The minimum Gasteiger partial charge on any atom is -0.404 e. The number of rotatable bonds is 16. The molecule has 2 saturated carbocycles. The number of carbonyl (C=O) groups excluding carboxylic acids is 2. The summed E-state index contributed by atoms with van der Waals surface area (Å²) < 4.78 is 10.8. The van der Waals surface area contributed by atoms with Gasteiger partial charge in [-0.2, -0.15) is 0 Å². The zero-order valence-electron chi connectivity index (χ0n) is 52.2. The number of nitrogens with one attached hydrogen (secondary N) is 2. The lowest BCUT2D eigenvalue weighted by molar-refractivity contribution is -0.0572. The van der Waals surface area contributed by atoms with Gasteiger partial charge in [-0.25, -0.2) is 0 Å². The summed E-state index contributed by atoms with van der Waals surface area (Å²) >= 11 is 0. The summed E-state index contributed by atoms with van der Waals surface area (Å²) in [5.41, 5.74) is 2.32. The Morgan fingerprint density at radius 2 is 0.953 bits per heavy atom. The number of nitrogens with zero attached hydrogens (tertiary/aromatic N) is 4. The molecule has 14 nitrogen and oxygen atoms in total. The van der Waals surface area contributed by atoms with E-state index in [2.05, 4.69) is 102 Å². The van der Waals surface area contributed by atoms with Gasteiger partial charge in [-0.15, -0.1) is 0 Å². The van der Waals surface area contributed by atoms with Gasteiger partial charge in [-0.05, 0) is 207 Å². The van der Waals surface area contributed by atoms with Gasteiger partial charge in [0.1, 0.15) is 11.1 Å². The van der Waals surface area contributed by atoms with Crippen LogP contribution in [0.5, 0.6) is 0 Å². The Morgan fingerprint density at radius 3 is 1.32 bits per heavy atom. The molecule has 4 heterocycles. The van der Waals surface area contributed by atoms with E-state index >= 15 is 0 Å². The van der Waals surface area contributed by atoms with Crippen molar-refractivity contribution in [3.63, 3.8) is 0 Å². The van der Waals surface area contributed by atoms with Crippen LogP contribution in [0.1, 0.15) is 169 Å². The first-order valence-electron chi connectivity index (χ1n) is 31.7. The third-order valence-corrected chi connectivity index (χ3v) is 24.3. The molecule has 4 aromatic carbocycles. The number of β-amino-alcohol motifs (C(OH)–C–C–N with tert-alkyl or cyclic N) is 2. The highest BCUT2D eigenvalue weighted by atomic mass is 28.4. The van der Waals surface area contributed by atoms with Gasteiger partial charge in [0.25, 0.3) is 31.3 Å². The van der Waals surface area contributed by atoms with Gasteiger partial charge in [0, 0.05) is 55.1 Å². The third-order valence-electron chi connectivity index (χ3n) is 19.2. The van der Waals surface area contributed by atoms with Gasteiger partial charge >= 0.3 is 0 Å². The summed E-state index contributed by atoms with van der Waals surface area (Å²) in [5.74, 6) is 0.0953. The van der Waals surface area contributed by atoms with Crippen LogP contribution < -0.4 is 32.1 Å². The number of aliphatic hydroxyl groups is 3. The summed E-state index contributed by atoms with van der Waals surface area (Å²) in [4.78, 5) is 57.7. The second-order valence-corrected chi connectivity index (χ2v) is 31.4. The molecule has 0 radical (unpaired) electrons. The molecule has 10 rings (SSSR count). The summed E-state index contributed by atoms with van der Waals surface area (Å²) in [5, 5.41) is 42.9. The Labute approximate surface area is 505 Å². The van der Waals surface area contributed by atoms with E-state index in [4.69, 9.17) is 4.43 Å². The molecule has 0 bridgehead atoms. The number of pyridine rings is 2. The Hall–Kier alpha value is -5.78. The number of fused-ring (bicyclic) bond motifs is 2. The van der Waals surface area contributed by atoms with E-state index in [-0.39, 0.29) is 63.4 Å². The van der Waals surface area contributed by atoms with E-state index in [1.165, 1.54) is 10.4 Å². The molecule has 458 valence electrons. The van der Waals surface area contributed by atoms with E-state index in [0.717, 1.165) is 110 Å². The summed E-state index contributed by atoms with van der Waals surface area (Å²) in [6, 6.07) is 36.8. The number of benzene rings is 4. The fraction of sp³-hybridized carbons (Fsp3) is 0.543. The maximum absolute atomic E-state index is 13.4. The van der Waals surface area contributed by atoms with Gasteiger partial charge in [0.05, 0.1) is 28.3 Å². The number of hydrogen-bond donors (Lipinski definition) is 5. The number of aromatic nitrogens is 2. The molecule has 4 aliphatic rings. The molecule has 0 spiro atoms. The van der Waals surface area contributed by atoms with E-state index < -0.39 is 19.5 Å². The van der Waals surface area contributed by atoms with Crippen molar-refractivity contribution in [2.24, 2.45) is 11.8 Å². The first kappa shape index (κ1) is 63.7. The number of amides is 2. The summed E-state index contributed by atoms with van der Waals surface area (Å²) in [7, 11) is -2.64. The lowest BCUT2D eigenvalue weighted by atomic mass is 9.82. The van der Waals surface area contributed by atoms with Crippen molar-refractivity contribution in [3.05, 3.63) is 152 Å². The van der Waals surface area contributed by atoms with Gasteiger partial charge < -0.3 is 49.3 Å². The van der Waals surface area contributed by atoms with Crippen molar-refractivity contribution >= 4 is 52.3 Å². The topological polar surface area (TPSA) is 179 Å². The highest BCUT2D eigenvalue weighted by Gasteiger charge is 2.52. The van der Waals surface area contributed by atoms with Gasteiger partial charge in [0.2, 0.25) is 0 Å². The summed E-state index contributed by atoms with van der Waals surface area (Å²) in [6.07, 6.45) is 9.42. The molecule has 2 aliphatic carbocycles. The SMILES string of the molecule is Cc1cccc2c1cc(C(=O)NCC1CCN(CC3(O)CCC(O)CC3)CC1)c(=O)n2C(C)C.Cc1cccc2c1cc(C(=O)NCC1CCN(CC3(O)CCC(O[Si](c4ccccc4)(c4ccccc4)C(C)(C)C)CC3)CC1)c(=O)n2C(C)C. The number of aryl methyl sites for hydroxylation is 2. The Balaban J connectivity index is 0.000000221. The van der Waals surface area contributed by atoms with E-state index in [0.29, 0.717) is 63.7 Å². The molecular weight excluding hydrogens is 1080 g/mol. The fourth-order valence-electron chi connectivity index (χ4n) is 14.2. The largest absolute Gasteiger partial charge is 0.404 e. The molecule has 0 unspecified atom stereocenters. The lowest BCUT2D eigenvalue weighted by Gasteiger charge is -2.48. The molecule has 2 amide bonds. The fourth-order valence-corrected chi connectivity index (χ4v) is 19.0. The normalized spacial score (nSPS) is 22.4. The molecule has 2 aromatic heterocycles. The quantitative estimate of drug-likeness (QED) is 0.0587. The van der Waals surface area contributed by atoms with Crippen LogP contribution in [-0.4, -0.2) is 130 Å². The molecule has 6 aromatic rings. The maximum atomic E-state index is 13.4. The van der Waals surface area contributed by atoms with Crippen LogP contribution in [0.25, 0.3) is 21.8 Å². The highest BCUT2D eigenvalue weighted by Crippen LogP contribution is 2.41. The summed E-state index contributed by atoms with van der Waals surface area (Å²) in [6.45, 7) is 24.8. The van der Waals surface area contributed by atoms with Crippen molar-refractivity contribution in [1.82, 2.24) is 29.6 Å². The minimum absolute atomic E-state index is 0.0453. The van der Waals surface area contributed by atoms with Crippen molar-refractivity contribution in [3.8, 4) is 0 Å². The first-order chi connectivity index (χ1) is 40.5. The van der Waals surface area contributed by atoms with Crippen molar-refractivity contribution in [2.75, 3.05) is 52.4 Å². The van der Waals surface area contributed by atoms with Crippen molar-refractivity contribution < 1.29 is 29.3 Å². The van der Waals surface area contributed by atoms with Crippen LogP contribution in [-0.2, 0) is 4.43 Å². The molecule has 15 heteroatoms. The number of piperidine rings is 2. The maximum Gasteiger partial charge on any atom is 0.264 e. The predicted molar refractivity (Wildman–Crippen MR) is 345 cm³/mol. The zero-order chi connectivity index (χ0) is 60.8. The van der Waals surface area contributed by atoms with Crippen LogP contribution in [0.15, 0.2) is 119 Å². The van der Waals surface area contributed by atoms with Crippen LogP contribution >= 0.6 is 0 Å². The second-order valence-electron chi connectivity index (χ2n) is 27.2. The number of likely N-dealkylation sites (tertiary alicyclic amines) is 2. The molecule has 0 atom stereocenters. The number of hydrogen-bond acceptors (Lipinski definition) is 10. The van der Waals surface area contributed by atoms with Crippen LogP contribution in [0.3, 0.4) is 0 Å². The molecule has 85 heavy (non-hydrogen) atoms. The van der Waals surface area contributed by atoms with E-state index in [9.17, 15) is 34.5 Å². The molecule has 2 aliphatic heterocycles. The van der Waals surface area contributed by atoms with Crippen LogP contribution in [0, 0.1) is 25.7 Å². The van der Waals surface area contributed by atoms with Gasteiger partial charge in [-0.1, -0.05) is 106 Å². The third kappa shape index (κ3) is 14.6. The Morgan fingerprint density at radius 1 is 0.576 bits per heavy atom. The predicted octanol–water partition coefficient (Wildman–Crippen LogP) is 9.58. The Kier molecular flexibility index (Phi) is 20.3. The van der Waals surface area contributed by atoms with Crippen LogP contribution in [0.2, 0.25) is 5.04 Å². The van der Waals surface area contributed by atoms with E-state index in [1.807, 2.05) is 77.9 Å². The Bertz CT molecular complexity index is 3320. The van der Waals surface area contributed by atoms with E-state index in [1.54, 1.807) is 21.3 Å². The lowest BCUT2D eigenvalue weighted by Crippen LogP contribution is -2.68. The average molecular weight is 1180 g/mol. The van der Waals surface area contributed by atoms with Crippen molar-refractivity contribution in [1.29, 1.82) is 0 Å². The first-order valence-corrected chi connectivity index (χ1v) is 33.6. The second kappa shape index (κ2) is 27.1. The average Bonchev–Trinajstić information content (AvgIpc) is 1.40. The zero-order valence-corrected chi connectivity index (χ0v) is 53.2. The highest BCUT2D eigenvalue weighted by molar-refractivity contribution is 6.99. The number of aliphatic hydroxyl groups excluding tert-OH is 1. The van der Waals surface area contributed by atoms with Gasteiger partial charge in [0.15, 0.2) is 0 Å². The monoisotopic (exact) mass is 1180 g/mol. The van der Waals surface area contributed by atoms with Crippen molar-refractivity contribution in [2.45, 2.75) is 180 Å². The molecule has 4 fully saturated rings. The smallest absolute Gasteiger partial charge is 0.264 e. The molecule has 2 saturated heterocycles. The van der Waals surface area contributed by atoms with Crippen LogP contribution in [0.4, 0.5) is 0 Å². The standard InChI is InChI=1S/C43H57N3O4Si.C27H39N3O4/c1-31(2)46-39-19-13-14-32(3)37(39)28-38(41(46)48)40(47)44-29-33-22-26-45(27-23-33)30-43(49)24-20-34(21-25-43)50-51(42(4,5)6,35-15-9-7-10-16-35)36-17-11-8-12-18-36;1-18(2)30-24-6-4-5-19(3)22(24)15-23(26(30)33)25(32)28-16-20-9-13-29(14-10-20)17-27(34)11-7-21(31)8-12-27/h7-19,28,31,33-34,49H,20-27,29-30H2,1-6H3,(H,44,47);4-6,15,18,20-21,31,34H,7-14,16-17H2,1-3H3,(H,28,32). The molecular formula is C70H96N6O8Si. The number of carbonyl (C=O) groups is 2. The molecule has 5 N–H and O–H groups in total.